The number of nitrogens with one attached hydrogen (secondary N) is 3. The van der Waals surface area contributed by atoms with Gasteiger partial charge in [0.25, 0.3) is 0 Å². The molecule has 1 aromatic heterocycles. The zero-order valence-electron chi connectivity index (χ0n) is 13.6. The summed E-state index contributed by atoms with van der Waals surface area (Å²) in [7, 11) is 0. The lowest BCUT2D eigenvalue weighted by molar-refractivity contribution is -0.121. The van der Waals surface area contributed by atoms with Crippen LogP contribution in [0.5, 0.6) is 0 Å². The molecule has 1 fully saturated rings. The normalized spacial score (nSPS) is 16.2. The van der Waals surface area contributed by atoms with Crippen LogP contribution in [-0.2, 0) is 10.2 Å². The molecule has 3 N–H and O–H groups in total. The molecule has 25 heavy (non-hydrogen) atoms. The summed E-state index contributed by atoms with van der Waals surface area (Å²) in [5.41, 5.74) is 1.65. The maximum absolute atomic E-state index is 13.7. The molecule has 1 saturated carbocycles. The highest BCUT2D eigenvalue weighted by Gasteiger charge is 2.42. The van der Waals surface area contributed by atoms with Crippen LogP contribution in [-0.4, -0.2) is 15.9 Å². The first kappa shape index (κ1) is 15.6. The van der Waals surface area contributed by atoms with Gasteiger partial charge in [-0.1, -0.05) is 25.0 Å². The second kappa shape index (κ2) is 5.88. The quantitative estimate of drug-likeness (QED) is 0.683. The van der Waals surface area contributed by atoms with Gasteiger partial charge in [0.1, 0.15) is 5.82 Å². The van der Waals surface area contributed by atoms with Gasteiger partial charge in [0, 0.05) is 5.69 Å². The number of aromatic nitrogens is 2. The van der Waals surface area contributed by atoms with Crippen molar-refractivity contribution in [3.63, 3.8) is 0 Å². The molecule has 1 amide bonds. The smallest absolute Gasteiger partial charge is 0.323 e. The van der Waals surface area contributed by atoms with E-state index >= 15 is 0 Å². The Morgan fingerprint density at radius 1 is 1.04 bits per heavy atom. The van der Waals surface area contributed by atoms with E-state index in [9.17, 15) is 14.0 Å². The van der Waals surface area contributed by atoms with Gasteiger partial charge in [-0.15, -0.1) is 0 Å². The fraction of sp³-hybridized carbons (Fsp3) is 0.263. The van der Waals surface area contributed by atoms with Crippen molar-refractivity contribution in [2.24, 2.45) is 0 Å². The largest absolute Gasteiger partial charge is 0.325 e. The molecule has 6 heteroatoms. The van der Waals surface area contributed by atoms with Gasteiger partial charge in [0.15, 0.2) is 0 Å². The number of carbonyl (C=O) groups is 1. The summed E-state index contributed by atoms with van der Waals surface area (Å²) >= 11 is 0. The van der Waals surface area contributed by atoms with Crippen molar-refractivity contribution in [1.82, 2.24) is 9.97 Å². The SMILES string of the molecule is O=C(Nc1ccc2[nH]c(=O)[nH]c2c1)C1(c2cccc(F)c2)CCCC1. The molecule has 5 nitrogen and oxygen atoms in total. The second-order valence-electron chi connectivity index (χ2n) is 6.59. The fourth-order valence-electron chi connectivity index (χ4n) is 3.77. The summed E-state index contributed by atoms with van der Waals surface area (Å²) < 4.78 is 13.7. The minimum atomic E-state index is -0.706. The molecule has 0 radical (unpaired) electrons. The molecule has 3 aromatic rings. The summed E-state index contributed by atoms with van der Waals surface area (Å²) in [5.74, 6) is -0.462. The van der Waals surface area contributed by atoms with Gasteiger partial charge < -0.3 is 15.3 Å². The van der Waals surface area contributed by atoms with Crippen LogP contribution < -0.4 is 11.0 Å². The lowest BCUT2D eigenvalue weighted by Crippen LogP contribution is -2.38. The van der Waals surface area contributed by atoms with Crippen molar-refractivity contribution in [2.45, 2.75) is 31.1 Å². The molecule has 0 spiro atoms. The molecular formula is C19H18FN3O2. The standard InChI is InChI=1S/C19H18FN3O2/c20-13-5-3-4-12(10-13)19(8-1-2-9-19)17(24)21-14-6-7-15-16(11-14)23-18(25)22-15/h3-7,10-11H,1-2,8-9H2,(H,21,24)(H2,22,23,25). The summed E-state index contributed by atoms with van der Waals surface area (Å²) in [6.45, 7) is 0. The van der Waals surface area contributed by atoms with E-state index in [4.69, 9.17) is 0 Å². The number of fused-ring (bicyclic) bond motifs is 1. The number of H-pyrrole nitrogens is 2. The number of rotatable bonds is 3. The number of hydrogen-bond donors (Lipinski definition) is 3. The van der Waals surface area contributed by atoms with Gasteiger partial charge >= 0.3 is 5.69 Å². The Labute approximate surface area is 143 Å². The number of amides is 1. The lowest BCUT2D eigenvalue weighted by atomic mass is 9.78. The summed E-state index contributed by atoms with van der Waals surface area (Å²) in [6.07, 6.45) is 3.28. The Bertz CT molecular complexity index is 999. The number of hydrogen-bond acceptors (Lipinski definition) is 2. The van der Waals surface area contributed by atoms with Gasteiger partial charge in [-0.25, -0.2) is 9.18 Å². The number of imidazole rings is 1. The van der Waals surface area contributed by atoms with Gasteiger partial charge in [0.2, 0.25) is 5.91 Å². The maximum atomic E-state index is 13.7. The topological polar surface area (TPSA) is 77.8 Å². The highest BCUT2D eigenvalue weighted by molar-refractivity contribution is 6.00. The van der Waals surface area contributed by atoms with E-state index in [1.165, 1.54) is 12.1 Å². The number of anilines is 1. The van der Waals surface area contributed by atoms with Crippen molar-refractivity contribution in [3.8, 4) is 0 Å². The zero-order valence-corrected chi connectivity index (χ0v) is 13.6. The van der Waals surface area contributed by atoms with Crippen LogP contribution in [0.25, 0.3) is 11.0 Å². The van der Waals surface area contributed by atoms with Gasteiger partial charge in [-0.05, 0) is 48.7 Å². The molecule has 1 heterocycles. The minimum absolute atomic E-state index is 0.132. The molecule has 4 rings (SSSR count). The van der Waals surface area contributed by atoms with Crippen LogP contribution in [0.1, 0.15) is 31.2 Å². The molecule has 0 unspecified atom stereocenters. The van der Waals surface area contributed by atoms with Gasteiger partial charge in [-0.3, -0.25) is 4.79 Å². The van der Waals surface area contributed by atoms with Crippen LogP contribution in [0, 0.1) is 5.82 Å². The summed E-state index contributed by atoms with van der Waals surface area (Å²) in [4.78, 5) is 29.8. The first-order valence-corrected chi connectivity index (χ1v) is 8.36. The van der Waals surface area contributed by atoms with Crippen LogP contribution in [0.15, 0.2) is 47.3 Å². The Morgan fingerprint density at radius 3 is 2.56 bits per heavy atom. The van der Waals surface area contributed by atoms with E-state index in [0.717, 1.165) is 18.4 Å². The lowest BCUT2D eigenvalue weighted by Gasteiger charge is -2.28. The average molecular weight is 339 g/mol. The predicted octanol–water partition coefficient (Wildman–Crippen LogP) is 3.45. The van der Waals surface area contributed by atoms with Crippen LogP contribution in [0.4, 0.5) is 10.1 Å². The predicted molar refractivity (Wildman–Crippen MR) is 94.1 cm³/mol. The zero-order chi connectivity index (χ0) is 17.4. The van der Waals surface area contributed by atoms with Crippen molar-refractivity contribution in [2.75, 3.05) is 5.32 Å². The molecule has 1 aliphatic carbocycles. The third-order valence-corrected chi connectivity index (χ3v) is 5.04. The van der Waals surface area contributed by atoms with Crippen molar-refractivity contribution >= 4 is 22.6 Å². The average Bonchev–Trinajstić information content (AvgIpc) is 3.21. The van der Waals surface area contributed by atoms with Crippen LogP contribution in [0.2, 0.25) is 0 Å². The Balaban J connectivity index is 1.67. The first-order valence-electron chi connectivity index (χ1n) is 8.36. The third kappa shape index (κ3) is 2.73. The molecule has 0 atom stereocenters. The van der Waals surface area contributed by atoms with Gasteiger partial charge in [0.05, 0.1) is 16.4 Å². The summed E-state index contributed by atoms with van der Waals surface area (Å²) in [5, 5.41) is 2.95. The monoisotopic (exact) mass is 339 g/mol. The van der Waals surface area contributed by atoms with E-state index < -0.39 is 5.41 Å². The fourth-order valence-corrected chi connectivity index (χ4v) is 3.77. The number of carbonyl (C=O) groups excluding carboxylic acids is 1. The van der Waals surface area contributed by atoms with Crippen molar-refractivity contribution in [3.05, 3.63) is 64.3 Å². The van der Waals surface area contributed by atoms with E-state index in [1.54, 1.807) is 24.3 Å². The van der Waals surface area contributed by atoms with Crippen molar-refractivity contribution < 1.29 is 9.18 Å². The van der Waals surface area contributed by atoms with E-state index in [0.29, 0.717) is 29.6 Å². The molecular weight excluding hydrogens is 321 g/mol. The van der Waals surface area contributed by atoms with Crippen LogP contribution in [0.3, 0.4) is 0 Å². The molecule has 1 aliphatic rings. The molecule has 0 saturated heterocycles. The van der Waals surface area contributed by atoms with E-state index in [-0.39, 0.29) is 17.4 Å². The third-order valence-electron chi connectivity index (χ3n) is 5.04. The first-order chi connectivity index (χ1) is 12.1. The Hall–Kier alpha value is -2.89. The molecule has 0 bridgehead atoms. The Morgan fingerprint density at radius 2 is 1.80 bits per heavy atom. The Kier molecular flexibility index (Phi) is 3.67. The van der Waals surface area contributed by atoms with Crippen LogP contribution >= 0.6 is 0 Å². The van der Waals surface area contributed by atoms with Crippen molar-refractivity contribution in [1.29, 1.82) is 0 Å². The maximum Gasteiger partial charge on any atom is 0.323 e. The number of benzene rings is 2. The summed E-state index contributed by atoms with van der Waals surface area (Å²) in [6, 6.07) is 11.5. The highest BCUT2D eigenvalue weighted by Crippen LogP contribution is 2.42. The van der Waals surface area contributed by atoms with Gasteiger partial charge in [-0.2, -0.15) is 0 Å². The highest BCUT2D eigenvalue weighted by atomic mass is 19.1. The number of halogens is 1. The van der Waals surface area contributed by atoms with E-state index in [2.05, 4.69) is 15.3 Å². The molecule has 128 valence electrons. The number of aromatic amines is 2. The van der Waals surface area contributed by atoms with E-state index in [1.807, 2.05) is 6.07 Å². The minimum Gasteiger partial charge on any atom is -0.325 e. The second-order valence-corrected chi connectivity index (χ2v) is 6.59. The molecule has 2 aromatic carbocycles. The molecule has 0 aliphatic heterocycles.